The molecule has 0 spiro atoms. The van der Waals surface area contributed by atoms with E-state index in [9.17, 15) is 18.4 Å². The minimum atomic E-state index is -4.01. The number of ether oxygens (including phenoxy) is 3. The molecule has 0 bridgehead atoms. The molecule has 0 unspecified atom stereocenters. The third kappa shape index (κ3) is 15.1. The maximum atomic E-state index is 12.3. The molecule has 0 aliphatic carbocycles. The van der Waals surface area contributed by atoms with Crippen LogP contribution in [0.4, 0.5) is 13.2 Å². The summed E-state index contributed by atoms with van der Waals surface area (Å²) in [5.74, 6) is 0.643. The summed E-state index contributed by atoms with van der Waals surface area (Å²) in [7, 11) is 1.62. The van der Waals surface area contributed by atoms with Gasteiger partial charge in [-0.05, 0) is 41.7 Å². The standard InChI is InChI=1S/C48H60F3NO3/c1-53-46-36-40(37-52)33-34-41(46)38-54-45(32-24-13-11-9-7-5-3-2-4-6-8-10-12-14-25-35-47(49,50)51)39-55-48(42-26-18-15-19-27-42,43-28-20-16-21-29-43)44-30-22-17-23-31-44/h15-23,26-31,33-34,36,45H,2-14,24-25,32,35,38-39H2,1H3/t45-/m0/s1. The summed E-state index contributed by atoms with van der Waals surface area (Å²) < 4.78 is 56.2. The fourth-order valence-electron chi connectivity index (χ4n) is 7.34. The Bertz CT molecular complexity index is 1540. The summed E-state index contributed by atoms with van der Waals surface area (Å²) in [5, 5.41) is 9.40. The van der Waals surface area contributed by atoms with Crippen molar-refractivity contribution in [3.05, 3.63) is 137 Å². The zero-order valence-corrected chi connectivity index (χ0v) is 32.7. The number of nitrogens with zero attached hydrogens (tertiary/aromatic N) is 1. The Morgan fingerprint density at radius 2 is 1.02 bits per heavy atom. The van der Waals surface area contributed by atoms with Gasteiger partial charge in [-0.1, -0.05) is 187 Å². The monoisotopic (exact) mass is 755 g/mol. The molecule has 4 nitrogen and oxygen atoms in total. The summed E-state index contributed by atoms with van der Waals surface area (Å²) in [6, 6.07) is 38.9. The van der Waals surface area contributed by atoms with Crippen LogP contribution in [0.3, 0.4) is 0 Å². The molecular formula is C48H60F3NO3. The van der Waals surface area contributed by atoms with Crippen molar-refractivity contribution < 1.29 is 27.4 Å². The molecule has 4 aromatic carbocycles. The predicted octanol–water partition coefficient (Wildman–Crippen LogP) is 13.7. The van der Waals surface area contributed by atoms with Crippen molar-refractivity contribution in [2.75, 3.05) is 13.7 Å². The zero-order valence-electron chi connectivity index (χ0n) is 32.7. The van der Waals surface area contributed by atoms with Crippen LogP contribution in [0.15, 0.2) is 109 Å². The molecule has 1 atom stereocenters. The number of alkyl halides is 3. The van der Waals surface area contributed by atoms with Gasteiger partial charge < -0.3 is 14.2 Å². The van der Waals surface area contributed by atoms with Crippen molar-refractivity contribution >= 4 is 0 Å². The van der Waals surface area contributed by atoms with E-state index in [4.69, 9.17) is 14.2 Å². The van der Waals surface area contributed by atoms with E-state index >= 15 is 0 Å². The van der Waals surface area contributed by atoms with Gasteiger partial charge in [-0.2, -0.15) is 18.4 Å². The summed E-state index contributed by atoms with van der Waals surface area (Å²) in [6.45, 7) is 0.731. The van der Waals surface area contributed by atoms with Crippen LogP contribution in [-0.2, 0) is 21.7 Å². The number of nitriles is 1. The molecule has 296 valence electrons. The highest BCUT2D eigenvalue weighted by Crippen LogP contribution is 2.41. The molecular weight excluding hydrogens is 696 g/mol. The fourth-order valence-corrected chi connectivity index (χ4v) is 7.34. The van der Waals surface area contributed by atoms with Crippen molar-refractivity contribution in [1.29, 1.82) is 5.26 Å². The molecule has 7 heteroatoms. The van der Waals surface area contributed by atoms with Gasteiger partial charge in [-0.3, -0.25) is 0 Å². The third-order valence-electron chi connectivity index (χ3n) is 10.4. The maximum absolute atomic E-state index is 12.3. The summed E-state index contributed by atoms with van der Waals surface area (Å²) in [5.41, 5.74) is 3.77. The van der Waals surface area contributed by atoms with Crippen molar-refractivity contribution in [1.82, 2.24) is 0 Å². The maximum Gasteiger partial charge on any atom is 0.389 e. The molecule has 4 rings (SSSR count). The highest BCUT2D eigenvalue weighted by Gasteiger charge is 2.38. The second-order valence-corrected chi connectivity index (χ2v) is 14.6. The SMILES string of the molecule is COc1cc(C#N)ccc1CO[C@@H](CCCCCCCCCCCCCCCCCC(F)(F)F)COC(c1ccccc1)(c1ccccc1)c1ccccc1. The third-order valence-corrected chi connectivity index (χ3v) is 10.4. The first-order chi connectivity index (χ1) is 26.9. The van der Waals surface area contributed by atoms with E-state index in [1.807, 2.05) is 24.3 Å². The first-order valence-electron chi connectivity index (χ1n) is 20.4. The lowest BCUT2D eigenvalue weighted by Crippen LogP contribution is -2.36. The zero-order chi connectivity index (χ0) is 39.0. The Balaban J connectivity index is 1.29. The normalized spacial score (nSPS) is 12.3. The molecule has 0 aliphatic heterocycles. The van der Waals surface area contributed by atoms with Gasteiger partial charge >= 0.3 is 6.18 Å². The van der Waals surface area contributed by atoms with Crippen LogP contribution in [0.5, 0.6) is 5.75 Å². The molecule has 55 heavy (non-hydrogen) atoms. The van der Waals surface area contributed by atoms with Crippen LogP contribution in [0, 0.1) is 11.3 Å². The van der Waals surface area contributed by atoms with Gasteiger partial charge in [0.1, 0.15) is 11.4 Å². The Kier molecular flexibility index (Phi) is 19.3. The minimum absolute atomic E-state index is 0.171. The van der Waals surface area contributed by atoms with Gasteiger partial charge in [0.25, 0.3) is 0 Å². The molecule has 0 heterocycles. The van der Waals surface area contributed by atoms with Crippen LogP contribution in [0.2, 0.25) is 0 Å². The van der Waals surface area contributed by atoms with Crippen molar-refractivity contribution in [3.63, 3.8) is 0 Å². The Hall–Kier alpha value is -4.12. The molecule has 0 saturated heterocycles. The fraction of sp³-hybridized carbons (Fsp3) is 0.479. The van der Waals surface area contributed by atoms with E-state index in [2.05, 4.69) is 78.9 Å². The summed E-state index contributed by atoms with van der Waals surface area (Å²) in [4.78, 5) is 0. The van der Waals surface area contributed by atoms with Crippen molar-refractivity contribution in [2.45, 2.75) is 134 Å². The van der Waals surface area contributed by atoms with Crippen LogP contribution in [-0.4, -0.2) is 26.0 Å². The van der Waals surface area contributed by atoms with E-state index in [1.54, 1.807) is 19.2 Å². The van der Waals surface area contributed by atoms with Gasteiger partial charge in [-0.15, -0.1) is 0 Å². The Labute approximate surface area is 328 Å². The molecule has 0 N–H and O–H groups in total. The van der Waals surface area contributed by atoms with Crippen LogP contribution < -0.4 is 4.74 Å². The number of hydrogen-bond acceptors (Lipinski definition) is 4. The lowest BCUT2D eigenvalue weighted by Gasteiger charge is -2.37. The minimum Gasteiger partial charge on any atom is -0.496 e. The lowest BCUT2D eigenvalue weighted by atomic mass is 9.80. The molecule has 0 aliphatic rings. The van der Waals surface area contributed by atoms with Gasteiger partial charge in [0, 0.05) is 12.0 Å². The van der Waals surface area contributed by atoms with Crippen LogP contribution >= 0.6 is 0 Å². The van der Waals surface area contributed by atoms with E-state index in [1.165, 1.54) is 51.4 Å². The molecule has 0 aromatic heterocycles. The largest absolute Gasteiger partial charge is 0.496 e. The summed E-state index contributed by atoms with van der Waals surface area (Å²) in [6.07, 6.45) is 12.1. The number of halogens is 3. The molecule has 0 fully saturated rings. The van der Waals surface area contributed by atoms with E-state index in [0.717, 1.165) is 60.8 Å². The van der Waals surface area contributed by atoms with Crippen molar-refractivity contribution in [2.24, 2.45) is 0 Å². The molecule has 0 saturated carbocycles. The Morgan fingerprint density at radius 1 is 0.582 bits per heavy atom. The number of benzene rings is 4. The van der Waals surface area contributed by atoms with E-state index in [0.29, 0.717) is 30.9 Å². The number of rotatable bonds is 27. The second-order valence-electron chi connectivity index (χ2n) is 14.6. The van der Waals surface area contributed by atoms with Gasteiger partial charge in [0.15, 0.2) is 0 Å². The van der Waals surface area contributed by atoms with E-state index < -0.39 is 18.2 Å². The average molecular weight is 756 g/mol. The van der Waals surface area contributed by atoms with Crippen molar-refractivity contribution in [3.8, 4) is 11.8 Å². The second kappa shape index (κ2) is 24.4. The first kappa shape index (κ1) is 43.6. The average Bonchev–Trinajstić information content (AvgIpc) is 3.21. The highest BCUT2D eigenvalue weighted by atomic mass is 19.4. The Morgan fingerprint density at radius 3 is 1.44 bits per heavy atom. The van der Waals surface area contributed by atoms with Gasteiger partial charge in [0.05, 0.1) is 38.1 Å². The number of hydrogen-bond donors (Lipinski definition) is 0. The quantitative estimate of drug-likeness (QED) is 0.0449. The van der Waals surface area contributed by atoms with Crippen LogP contribution in [0.25, 0.3) is 0 Å². The lowest BCUT2D eigenvalue weighted by molar-refractivity contribution is -0.135. The first-order valence-corrected chi connectivity index (χ1v) is 20.4. The number of unbranched alkanes of at least 4 members (excludes halogenated alkanes) is 14. The molecule has 0 radical (unpaired) electrons. The van der Waals surface area contributed by atoms with Gasteiger partial charge in [-0.25, -0.2) is 0 Å². The predicted molar refractivity (Wildman–Crippen MR) is 216 cm³/mol. The van der Waals surface area contributed by atoms with Gasteiger partial charge in [0.2, 0.25) is 0 Å². The van der Waals surface area contributed by atoms with Crippen LogP contribution in [0.1, 0.15) is 137 Å². The van der Waals surface area contributed by atoms with E-state index in [-0.39, 0.29) is 12.5 Å². The molecule has 0 amide bonds. The topological polar surface area (TPSA) is 51.5 Å². The summed E-state index contributed by atoms with van der Waals surface area (Å²) >= 11 is 0. The number of methoxy groups -OCH3 is 1. The highest BCUT2D eigenvalue weighted by molar-refractivity contribution is 5.47. The molecule has 4 aromatic rings. The smallest absolute Gasteiger partial charge is 0.389 e.